The number of hydrogen-bond donors (Lipinski definition) is 2. The van der Waals surface area contributed by atoms with Crippen LogP contribution in [0.1, 0.15) is 0 Å². The lowest BCUT2D eigenvalue weighted by Gasteiger charge is -2.10. The highest BCUT2D eigenvalue weighted by Crippen LogP contribution is 2.33. The Kier molecular flexibility index (Phi) is 11.5. The molecule has 0 unspecified atom stereocenters. The van der Waals surface area contributed by atoms with Gasteiger partial charge >= 0.3 is 7.12 Å². The maximum Gasteiger partial charge on any atom is 0.488 e. The van der Waals surface area contributed by atoms with E-state index in [1.807, 2.05) is 60.7 Å². The Morgan fingerprint density at radius 2 is 1.07 bits per heavy atom. The fourth-order valence-electron chi connectivity index (χ4n) is 4.39. The van der Waals surface area contributed by atoms with Gasteiger partial charge in [-0.3, -0.25) is 9.97 Å². The number of pyridine rings is 2. The molecule has 224 valence electrons. The van der Waals surface area contributed by atoms with Crippen molar-refractivity contribution in [2.75, 3.05) is 28.4 Å². The molecule has 0 radical (unpaired) electrons. The van der Waals surface area contributed by atoms with Crippen molar-refractivity contribution in [3.05, 3.63) is 114 Å². The fourth-order valence-corrected chi connectivity index (χ4v) is 4.84. The molecule has 2 aromatic heterocycles. The number of ether oxygens (including phenoxy) is 4. The minimum Gasteiger partial charge on any atom is -0.497 e. The first-order valence-corrected chi connectivity index (χ1v) is 14.3. The highest BCUT2D eigenvalue weighted by molar-refractivity contribution is 9.10. The molecule has 0 saturated heterocycles. The van der Waals surface area contributed by atoms with Gasteiger partial charge in [0.2, 0.25) is 0 Å². The summed E-state index contributed by atoms with van der Waals surface area (Å²) in [5.41, 5.74) is 4.50. The molecular formula is C34H32BBrN2O6. The average Bonchev–Trinajstić information content (AvgIpc) is 3.09. The topological polar surface area (TPSA) is 103 Å². The molecule has 0 aliphatic rings. The van der Waals surface area contributed by atoms with Crippen molar-refractivity contribution < 1.29 is 29.0 Å². The normalized spacial score (nSPS) is 10.2. The number of hydrogen-bond acceptors (Lipinski definition) is 8. The van der Waals surface area contributed by atoms with E-state index in [1.165, 1.54) is 0 Å². The number of rotatable bonds is 6. The molecule has 2 N–H and O–H groups in total. The third-order valence-corrected chi connectivity index (χ3v) is 7.36. The summed E-state index contributed by atoms with van der Waals surface area (Å²) in [5, 5.41) is 19.6. The van der Waals surface area contributed by atoms with Gasteiger partial charge in [0.05, 0.1) is 28.4 Å². The molecule has 0 fully saturated rings. The van der Waals surface area contributed by atoms with Crippen LogP contribution >= 0.6 is 15.9 Å². The molecule has 2 heterocycles. The van der Waals surface area contributed by atoms with Crippen molar-refractivity contribution in [2.24, 2.45) is 0 Å². The van der Waals surface area contributed by atoms with Gasteiger partial charge in [-0.2, -0.15) is 0 Å². The van der Waals surface area contributed by atoms with Crippen LogP contribution in [-0.2, 0) is 0 Å². The zero-order valence-corrected chi connectivity index (χ0v) is 26.4. The van der Waals surface area contributed by atoms with E-state index in [1.54, 1.807) is 65.1 Å². The maximum atomic E-state index is 8.70. The monoisotopic (exact) mass is 654 g/mol. The van der Waals surface area contributed by atoms with E-state index in [0.29, 0.717) is 11.2 Å². The molecule has 0 atom stereocenters. The number of methoxy groups -OCH3 is 4. The number of aromatic nitrogens is 2. The number of benzene rings is 4. The van der Waals surface area contributed by atoms with Gasteiger partial charge in [-0.05, 0) is 77.3 Å². The molecule has 0 amide bonds. The first kappa shape index (κ1) is 32.3. The highest BCUT2D eigenvalue weighted by atomic mass is 79.9. The van der Waals surface area contributed by atoms with Crippen LogP contribution < -0.4 is 24.4 Å². The largest absolute Gasteiger partial charge is 0.497 e. The zero-order valence-electron chi connectivity index (χ0n) is 24.8. The molecule has 10 heteroatoms. The predicted molar refractivity (Wildman–Crippen MR) is 179 cm³/mol. The lowest BCUT2D eigenvalue weighted by atomic mass is 9.80. The van der Waals surface area contributed by atoms with Crippen LogP contribution in [0.25, 0.3) is 32.9 Å². The first-order chi connectivity index (χ1) is 21.4. The molecule has 4 aromatic carbocycles. The van der Waals surface area contributed by atoms with E-state index in [9.17, 15) is 0 Å². The summed E-state index contributed by atoms with van der Waals surface area (Å²) < 4.78 is 21.7. The number of nitrogens with zero attached hydrogens (tertiary/aromatic N) is 2. The molecule has 0 aliphatic heterocycles. The van der Waals surface area contributed by atoms with Crippen LogP contribution in [0.5, 0.6) is 23.0 Å². The van der Waals surface area contributed by atoms with E-state index < -0.39 is 7.12 Å². The number of halogens is 1. The van der Waals surface area contributed by atoms with Gasteiger partial charge in [0.25, 0.3) is 0 Å². The SMILES string of the molecule is COc1ccc(-c2ccc(OC)c3ncccc23)cc1.COc1ccc(B(O)O)cc1.COc1ccc(Br)c2cccnc12. The molecule has 6 aromatic rings. The van der Waals surface area contributed by atoms with Crippen molar-refractivity contribution in [3.8, 4) is 34.1 Å². The maximum absolute atomic E-state index is 8.70. The van der Waals surface area contributed by atoms with Crippen LogP contribution in [0.3, 0.4) is 0 Å². The summed E-state index contributed by atoms with van der Waals surface area (Å²) in [6.07, 6.45) is 3.54. The van der Waals surface area contributed by atoms with E-state index in [2.05, 4.69) is 38.0 Å². The van der Waals surface area contributed by atoms with Crippen molar-refractivity contribution in [3.63, 3.8) is 0 Å². The predicted octanol–water partition coefficient (Wildman–Crippen LogP) is 6.30. The summed E-state index contributed by atoms with van der Waals surface area (Å²) in [7, 11) is 5.14. The highest BCUT2D eigenvalue weighted by Gasteiger charge is 2.10. The molecular weight excluding hydrogens is 623 g/mol. The summed E-state index contributed by atoms with van der Waals surface area (Å²) in [6.45, 7) is 0. The Bertz CT molecular complexity index is 1800. The second-order valence-electron chi connectivity index (χ2n) is 9.24. The molecule has 8 nitrogen and oxygen atoms in total. The minimum absolute atomic E-state index is 0.464. The average molecular weight is 655 g/mol. The Labute approximate surface area is 265 Å². The summed E-state index contributed by atoms with van der Waals surface area (Å²) >= 11 is 3.46. The Morgan fingerprint density at radius 1 is 0.568 bits per heavy atom. The smallest absolute Gasteiger partial charge is 0.488 e. The molecule has 0 saturated carbocycles. The first-order valence-electron chi connectivity index (χ1n) is 13.5. The Morgan fingerprint density at radius 3 is 1.59 bits per heavy atom. The summed E-state index contributed by atoms with van der Waals surface area (Å²) in [4.78, 5) is 8.68. The summed E-state index contributed by atoms with van der Waals surface area (Å²) in [6, 6.07) is 30.4. The molecule has 6 rings (SSSR count). The molecule has 44 heavy (non-hydrogen) atoms. The third kappa shape index (κ3) is 7.84. The summed E-state index contributed by atoms with van der Waals surface area (Å²) in [5.74, 6) is 3.15. The van der Waals surface area contributed by atoms with Crippen molar-refractivity contribution in [2.45, 2.75) is 0 Å². The quantitative estimate of drug-likeness (QED) is 0.202. The lowest BCUT2D eigenvalue weighted by molar-refractivity contribution is 0.414. The van der Waals surface area contributed by atoms with Crippen LogP contribution in [-0.4, -0.2) is 55.6 Å². The Balaban J connectivity index is 0.000000160. The van der Waals surface area contributed by atoms with E-state index in [-0.39, 0.29) is 0 Å². The zero-order chi connectivity index (χ0) is 31.5. The van der Waals surface area contributed by atoms with E-state index in [4.69, 9.17) is 29.0 Å². The molecule has 0 bridgehead atoms. The van der Waals surface area contributed by atoms with Crippen molar-refractivity contribution >= 4 is 50.3 Å². The van der Waals surface area contributed by atoms with Crippen molar-refractivity contribution in [1.82, 2.24) is 9.97 Å². The Hall–Kier alpha value is -4.64. The van der Waals surface area contributed by atoms with Crippen LogP contribution in [0, 0.1) is 0 Å². The van der Waals surface area contributed by atoms with E-state index in [0.717, 1.165) is 54.7 Å². The number of fused-ring (bicyclic) bond motifs is 2. The second-order valence-corrected chi connectivity index (χ2v) is 10.1. The van der Waals surface area contributed by atoms with Gasteiger partial charge in [0, 0.05) is 27.6 Å². The fraction of sp³-hybridized carbons (Fsp3) is 0.118. The van der Waals surface area contributed by atoms with Crippen LogP contribution in [0.2, 0.25) is 0 Å². The third-order valence-electron chi connectivity index (χ3n) is 6.67. The van der Waals surface area contributed by atoms with Gasteiger partial charge in [-0.15, -0.1) is 0 Å². The van der Waals surface area contributed by atoms with Gasteiger partial charge < -0.3 is 29.0 Å². The van der Waals surface area contributed by atoms with Gasteiger partial charge in [-0.25, -0.2) is 0 Å². The minimum atomic E-state index is -1.40. The molecule has 0 aliphatic carbocycles. The lowest BCUT2D eigenvalue weighted by Crippen LogP contribution is -2.29. The van der Waals surface area contributed by atoms with E-state index >= 15 is 0 Å². The molecule has 0 spiro atoms. The van der Waals surface area contributed by atoms with Gasteiger partial charge in [-0.1, -0.05) is 52.3 Å². The standard InChI is InChI=1S/C17H15NO2.C10H8BrNO.C7H9BO3/c1-19-13-7-5-12(6-8-13)14-9-10-16(20-2)17-15(14)4-3-11-18-17;1-13-9-5-4-8(11)7-3-2-6-12-10(7)9;1-11-7-4-2-6(3-5-7)8(9)10/h3-11H,1-2H3;2-6H,1H3;2-5,9-10H,1H3. The van der Waals surface area contributed by atoms with Gasteiger partial charge in [0.1, 0.15) is 34.0 Å². The second kappa shape index (κ2) is 15.7. The van der Waals surface area contributed by atoms with Gasteiger partial charge in [0.15, 0.2) is 0 Å². The van der Waals surface area contributed by atoms with Crippen molar-refractivity contribution in [1.29, 1.82) is 0 Å². The van der Waals surface area contributed by atoms with Crippen LogP contribution in [0.15, 0.2) is 114 Å². The van der Waals surface area contributed by atoms with Crippen LogP contribution in [0.4, 0.5) is 0 Å².